The van der Waals surface area contributed by atoms with Gasteiger partial charge in [-0.3, -0.25) is 18.4 Å². The fourth-order valence-corrected chi connectivity index (χ4v) is 8.52. The van der Waals surface area contributed by atoms with Crippen molar-refractivity contribution in [3.8, 4) is 23.0 Å². The van der Waals surface area contributed by atoms with Gasteiger partial charge in [-0.15, -0.1) is 0 Å². The predicted molar refractivity (Wildman–Crippen MR) is 212 cm³/mol. The molecule has 2 aliphatic rings. The number of benzene rings is 2. The minimum absolute atomic E-state index is 0. The van der Waals surface area contributed by atoms with Crippen LogP contribution in [0.4, 0.5) is 0 Å². The number of rotatable bonds is 16. The Kier molecular flexibility index (Phi) is 15.1. The minimum Gasteiger partial charge on any atom is -0.493 e. The van der Waals surface area contributed by atoms with Crippen LogP contribution in [0, 0.1) is 13.8 Å². The summed E-state index contributed by atoms with van der Waals surface area (Å²) in [6.45, 7) is 7.69. The zero-order valence-electron chi connectivity index (χ0n) is 32.9. The normalized spacial score (nSPS) is 13.8. The van der Waals surface area contributed by atoms with Gasteiger partial charge >= 0.3 is 29.6 Å². The Morgan fingerprint density at radius 2 is 1.32 bits per heavy atom. The summed E-state index contributed by atoms with van der Waals surface area (Å²) in [5.41, 5.74) is 8.65. The Hall–Kier alpha value is -3.90. The van der Waals surface area contributed by atoms with E-state index in [0.717, 1.165) is 98.9 Å². The van der Waals surface area contributed by atoms with E-state index in [4.69, 9.17) is 28.4 Å². The minimum atomic E-state index is -1.39. The SMILES string of the molecule is COCCCOc1ccnc(C[S@@](=O)c2nc3cc4c(cc3[n-]2)OCC4)c1C.COCCCOc1ccnc(C[S@@](=O)c2nc3cc4c(cc3[nH]2)CCO4)c1C.[Na+]. The molecule has 0 spiro atoms. The number of aromatic nitrogens is 6. The molecule has 6 heterocycles. The topological polar surface area (TPSA) is 171 Å². The van der Waals surface area contributed by atoms with Gasteiger partial charge in [-0.1, -0.05) is 6.07 Å². The number of ether oxygens (including phenoxy) is 6. The van der Waals surface area contributed by atoms with Crippen molar-refractivity contribution in [1.29, 1.82) is 0 Å². The predicted octanol–water partition coefficient (Wildman–Crippen LogP) is 2.48. The molecule has 0 unspecified atom stereocenters. The molecule has 0 bridgehead atoms. The first kappa shape index (κ1) is 42.7. The summed E-state index contributed by atoms with van der Waals surface area (Å²) < 4.78 is 58.6. The molecule has 4 aromatic heterocycles. The standard InChI is InChI=1S/C20H23N3O4S.C20H22N3O4S.Na/c2*1-13-17(21-6-4-18(13)26-8-3-7-25-2)12-28(24)20-22-15-10-14-5-9-27-19(14)11-16(15)23-20;/h4,6,10-11H,3,5,7-9,12H2,1-2H3,(H,22,23);4,6,10-11H,3,5,7-9,12H2,1-2H3;/q;-1;+1/t2*28-;/m11./s1. The largest absolute Gasteiger partial charge is 1.00 e. The average Bonchev–Trinajstić information content (AvgIpc) is 4.02. The third-order valence-corrected chi connectivity index (χ3v) is 11.7. The van der Waals surface area contributed by atoms with E-state index in [0.29, 0.717) is 55.5 Å². The van der Waals surface area contributed by atoms with Crippen molar-refractivity contribution in [2.75, 3.05) is 53.9 Å². The summed E-state index contributed by atoms with van der Waals surface area (Å²) in [5, 5.41) is 0.776. The number of pyridine rings is 2. The molecule has 0 saturated heterocycles. The Morgan fingerprint density at radius 3 is 1.93 bits per heavy atom. The Bertz CT molecular complexity index is 2120. The van der Waals surface area contributed by atoms with Gasteiger partial charge in [0.05, 0.1) is 82.0 Å². The molecule has 8 rings (SSSR count). The quantitative estimate of drug-likeness (QED) is 0.112. The number of imidazole rings is 2. The van der Waals surface area contributed by atoms with Gasteiger partial charge < -0.3 is 43.4 Å². The van der Waals surface area contributed by atoms with Gasteiger partial charge in [0.25, 0.3) is 0 Å². The fraction of sp³-hybridized carbons (Fsp3) is 0.400. The molecule has 1 N–H and O–H groups in total. The van der Waals surface area contributed by atoms with Gasteiger partial charge in [-0.2, -0.15) is 0 Å². The summed E-state index contributed by atoms with van der Waals surface area (Å²) in [6, 6.07) is 11.4. The molecular formula is C40H45N6NaO8S2. The molecule has 0 saturated carbocycles. The fourth-order valence-electron chi connectivity index (χ4n) is 6.35. The first-order valence-corrected chi connectivity index (χ1v) is 21.1. The zero-order chi connectivity index (χ0) is 39.0. The van der Waals surface area contributed by atoms with Crippen LogP contribution >= 0.6 is 0 Å². The van der Waals surface area contributed by atoms with Crippen molar-refractivity contribution in [2.24, 2.45) is 0 Å². The van der Waals surface area contributed by atoms with Crippen molar-refractivity contribution in [1.82, 2.24) is 29.9 Å². The third-order valence-electron chi connectivity index (χ3n) is 9.46. The van der Waals surface area contributed by atoms with Gasteiger partial charge in [0.1, 0.15) is 23.0 Å². The van der Waals surface area contributed by atoms with Gasteiger partial charge in [-0.05, 0) is 60.3 Å². The van der Waals surface area contributed by atoms with Crippen molar-refractivity contribution in [3.05, 3.63) is 82.4 Å². The summed E-state index contributed by atoms with van der Waals surface area (Å²) in [4.78, 5) is 25.4. The monoisotopic (exact) mass is 824 g/mol. The van der Waals surface area contributed by atoms with E-state index in [9.17, 15) is 8.42 Å². The number of aromatic amines is 1. The van der Waals surface area contributed by atoms with E-state index in [-0.39, 0.29) is 41.1 Å². The van der Waals surface area contributed by atoms with Crippen LogP contribution in [0.1, 0.15) is 46.5 Å². The maximum atomic E-state index is 12.9. The van der Waals surface area contributed by atoms with Crippen LogP contribution in [0.25, 0.3) is 22.1 Å². The summed E-state index contributed by atoms with van der Waals surface area (Å²) in [7, 11) is 0.608. The molecule has 0 radical (unpaired) electrons. The van der Waals surface area contributed by atoms with Crippen LogP contribution in [0.3, 0.4) is 0 Å². The van der Waals surface area contributed by atoms with E-state index >= 15 is 0 Å². The molecule has 2 aliphatic heterocycles. The summed E-state index contributed by atoms with van der Waals surface area (Å²) in [5.74, 6) is 3.74. The molecule has 14 nitrogen and oxygen atoms in total. The molecule has 296 valence electrons. The third kappa shape index (κ3) is 10.4. The Morgan fingerprint density at radius 1 is 0.737 bits per heavy atom. The van der Waals surface area contributed by atoms with Crippen LogP contribution < -0.4 is 53.5 Å². The van der Waals surface area contributed by atoms with Crippen LogP contribution in [0.5, 0.6) is 23.0 Å². The zero-order valence-corrected chi connectivity index (χ0v) is 36.6. The number of H-pyrrole nitrogens is 1. The van der Waals surface area contributed by atoms with Crippen molar-refractivity contribution < 1.29 is 66.4 Å². The van der Waals surface area contributed by atoms with E-state index in [2.05, 4.69) is 29.9 Å². The maximum absolute atomic E-state index is 12.9. The average molecular weight is 825 g/mol. The Balaban J connectivity index is 0.000000189. The second-order valence-corrected chi connectivity index (χ2v) is 16.0. The van der Waals surface area contributed by atoms with E-state index < -0.39 is 21.6 Å². The number of fused-ring (bicyclic) bond motifs is 4. The first-order valence-electron chi connectivity index (χ1n) is 18.5. The number of nitrogens with one attached hydrogen (secondary N) is 1. The molecular weight excluding hydrogens is 780 g/mol. The second kappa shape index (κ2) is 20.2. The summed E-state index contributed by atoms with van der Waals surface area (Å²) in [6.07, 6.45) is 6.74. The van der Waals surface area contributed by atoms with Gasteiger partial charge in [0.15, 0.2) is 5.16 Å². The molecule has 57 heavy (non-hydrogen) atoms. The molecule has 17 heteroatoms. The van der Waals surface area contributed by atoms with Gasteiger partial charge in [0, 0.05) is 87.9 Å². The van der Waals surface area contributed by atoms with Crippen molar-refractivity contribution in [3.63, 3.8) is 0 Å². The molecule has 2 aromatic carbocycles. The van der Waals surface area contributed by atoms with Crippen LogP contribution in [-0.2, 0) is 55.4 Å². The Labute approximate surface area is 358 Å². The van der Waals surface area contributed by atoms with Gasteiger partial charge in [-0.25, -0.2) is 4.98 Å². The number of nitrogens with zero attached hydrogens (tertiary/aromatic N) is 5. The van der Waals surface area contributed by atoms with Crippen LogP contribution in [0.15, 0.2) is 59.1 Å². The summed E-state index contributed by atoms with van der Waals surface area (Å²) >= 11 is 0. The van der Waals surface area contributed by atoms with Crippen LogP contribution in [0.2, 0.25) is 0 Å². The van der Waals surface area contributed by atoms with Crippen LogP contribution in [-0.4, -0.2) is 87.2 Å². The molecule has 0 aliphatic carbocycles. The number of methoxy groups -OCH3 is 2. The van der Waals surface area contributed by atoms with Crippen molar-refractivity contribution in [2.45, 2.75) is 61.3 Å². The molecule has 6 aromatic rings. The van der Waals surface area contributed by atoms with E-state index in [1.807, 2.05) is 50.2 Å². The number of hydrogen-bond acceptors (Lipinski definition) is 12. The smallest absolute Gasteiger partial charge is 0.493 e. The number of hydrogen-bond donors (Lipinski definition) is 1. The molecule has 0 amide bonds. The molecule has 0 fully saturated rings. The van der Waals surface area contributed by atoms with E-state index in [1.54, 1.807) is 26.6 Å². The maximum Gasteiger partial charge on any atom is 1.00 e. The first-order chi connectivity index (χ1) is 27.3. The molecule has 2 atom stereocenters. The van der Waals surface area contributed by atoms with E-state index in [1.165, 1.54) is 0 Å². The van der Waals surface area contributed by atoms with Gasteiger partial charge in [0.2, 0.25) is 0 Å². The van der Waals surface area contributed by atoms with Crippen molar-refractivity contribution >= 4 is 43.7 Å². The second-order valence-electron chi connectivity index (χ2n) is 13.3.